The number of hydrogen-bond donors (Lipinski definition) is 1. The Balaban J connectivity index is 2.67. The Labute approximate surface area is 138 Å². The van der Waals surface area contributed by atoms with Crippen LogP contribution in [0.1, 0.15) is 66.2 Å². The highest BCUT2D eigenvalue weighted by Crippen LogP contribution is 2.26. The van der Waals surface area contributed by atoms with Crippen LogP contribution in [0.3, 0.4) is 0 Å². The maximum Gasteiger partial charge on any atom is 0.410 e. The molecule has 1 aliphatic carbocycles. The summed E-state index contributed by atoms with van der Waals surface area (Å²) in [5.41, 5.74) is -0.659. The minimum Gasteiger partial charge on any atom is -0.481 e. The maximum atomic E-state index is 12.3. The smallest absolute Gasteiger partial charge is 0.410 e. The third-order valence-electron chi connectivity index (χ3n) is 4.04. The molecule has 1 atom stereocenters. The van der Waals surface area contributed by atoms with E-state index in [4.69, 9.17) is 9.84 Å². The third-order valence-corrected chi connectivity index (χ3v) is 4.04. The van der Waals surface area contributed by atoms with Gasteiger partial charge in [0.1, 0.15) is 11.4 Å². The molecular formula is C17H29NO5. The molecule has 0 aliphatic heterocycles. The van der Waals surface area contributed by atoms with Crippen LogP contribution in [0.5, 0.6) is 0 Å². The molecule has 1 fully saturated rings. The van der Waals surface area contributed by atoms with E-state index in [0.29, 0.717) is 0 Å². The van der Waals surface area contributed by atoms with Gasteiger partial charge in [0.05, 0.1) is 6.42 Å². The van der Waals surface area contributed by atoms with Gasteiger partial charge in [-0.1, -0.05) is 12.8 Å². The summed E-state index contributed by atoms with van der Waals surface area (Å²) in [7, 11) is 0. The quantitative estimate of drug-likeness (QED) is 0.776. The molecular weight excluding hydrogens is 298 g/mol. The Kier molecular flexibility index (Phi) is 7.03. The number of Topliss-reactive ketones (excluding diaryl/α,β-unsaturated/α-hetero) is 1. The largest absolute Gasteiger partial charge is 0.481 e. The molecule has 23 heavy (non-hydrogen) atoms. The summed E-state index contributed by atoms with van der Waals surface area (Å²) >= 11 is 0. The van der Waals surface area contributed by atoms with Gasteiger partial charge in [0.15, 0.2) is 0 Å². The molecule has 1 rings (SSSR count). The number of carboxylic acid groups (broad SMARTS) is 1. The van der Waals surface area contributed by atoms with Crippen molar-refractivity contribution in [1.29, 1.82) is 0 Å². The zero-order valence-electron chi connectivity index (χ0n) is 14.6. The number of carbonyl (C=O) groups is 3. The Morgan fingerprint density at radius 1 is 1.22 bits per heavy atom. The van der Waals surface area contributed by atoms with E-state index in [0.717, 1.165) is 25.7 Å². The van der Waals surface area contributed by atoms with Crippen LogP contribution in [0.4, 0.5) is 4.79 Å². The molecule has 0 aromatic heterocycles. The van der Waals surface area contributed by atoms with E-state index in [-0.39, 0.29) is 31.1 Å². The molecule has 1 aliphatic rings. The number of nitrogens with zero attached hydrogens (tertiary/aromatic N) is 1. The summed E-state index contributed by atoms with van der Waals surface area (Å²) < 4.78 is 5.34. The normalized spacial score (nSPS) is 16.9. The highest BCUT2D eigenvalue weighted by molar-refractivity contribution is 5.82. The first kappa shape index (κ1) is 19.5. The van der Waals surface area contributed by atoms with Crippen LogP contribution in [0.15, 0.2) is 0 Å². The minimum absolute atomic E-state index is 0.102. The first-order chi connectivity index (χ1) is 10.6. The van der Waals surface area contributed by atoms with E-state index in [1.165, 1.54) is 4.90 Å². The molecule has 0 aromatic rings. The fourth-order valence-corrected chi connectivity index (χ4v) is 2.86. The number of carboxylic acids is 1. The monoisotopic (exact) mass is 327 g/mol. The van der Waals surface area contributed by atoms with Gasteiger partial charge in [-0.15, -0.1) is 0 Å². The minimum atomic E-state index is -0.979. The van der Waals surface area contributed by atoms with Gasteiger partial charge in [-0.2, -0.15) is 0 Å². The second kappa shape index (κ2) is 8.31. The summed E-state index contributed by atoms with van der Waals surface area (Å²) in [4.78, 5) is 36.8. The van der Waals surface area contributed by atoms with Crippen LogP contribution in [0.2, 0.25) is 0 Å². The Hall–Kier alpha value is -1.59. The van der Waals surface area contributed by atoms with Crippen LogP contribution in [-0.4, -0.2) is 46.0 Å². The van der Waals surface area contributed by atoms with E-state index in [2.05, 4.69) is 0 Å². The maximum absolute atomic E-state index is 12.3. The molecule has 6 nitrogen and oxygen atoms in total. The molecule has 0 unspecified atom stereocenters. The van der Waals surface area contributed by atoms with Gasteiger partial charge in [-0.25, -0.2) is 4.79 Å². The topological polar surface area (TPSA) is 83.9 Å². The average molecular weight is 327 g/mol. The fourth-order valence-electron chi connectivity index (χ4n) is 2.86. The van der Waals surface area contributed by atoms with E-state index >= 15 is 0 Å². The predicted octanol–water partition coefficient (Wildman–Crippen LogP) is 3.24. The lowest BCUT2D eigenvalue weighted by atomic mass is 10.00. The van der Waals surface area contributed by atoms with Crippen molar-refractivity contribution >= 4 is 17.8 Å². The van der Waals surface area contributed by atoms with Gasteiger partial charge in [-0.3, -0.25) is 9.59 Å². The molecule has 0 radical (unpaired) electrons. The highest BCUT2D eigenvalue weighted by Gasteiger charge is 2.29. The zero-order valence-corrected chi connectivity index (χ0v) is 14.6. The number of hydrogen-bond acceptors (Lipinski definition) is 4. The average Bonchev–Trinajstić information content (AvgIpc) is 2.89. The van der Waals surface area contributed by atoms with Crippen molar-refractivity contribution in [3.63, 3.8) is 0 Å². The zero-order chi connectivity index (χ0) is 17.6. The highest BCUT2D eigenvalue weighted by atomic mass is 16.6. The third kappa shape index (κ3) is 7.01. The lowest BCUT2D eigenvalue weighted by Crippen LogP contribution is -2.44. The fraction of sp³-hybridized carbons (Fsp3) is 0.824. The van der Waals surface area contributed by atoms with E-state index in [1.54, 1.807) is 27.7 Å². The standard InChI is InChI=1S/C17H29NO5/c1-12(11-15(20)21)18(16(22)23-17(2,3)4)10-9-14(19)13-7-5-6-8-13/h12-13H,5-11H2,1-4H3,(H,20,21)/t12-/m1/s1. The summed E-state index contributed by atoms with van der Waals surface area (Å²) in [5, 5.41) is 8.95. The van der Waals surface area contributed by atoms with Gasteiger partial charge in [0.25, 0.3) is 0 Å². The summed E-state index contributed by atoms with van der Waals surface area (Å²) in [6, 6.07) is -0.515. The first-order valence-corrected chi connectivity index (χ1v) is 8.34. The van der Waals surface area contributed by atoms with E-state index in [9.17, 15) is 14.4 Å². The molecule has 132 valence electrons. The lowest BCUT2D eigenvalue weighted by Gasteiger charge is -2.31. The van der Waals surface area contributed by atoms with Gasteiger partial charge in [0, 0.05) is 24.9 Å². The van der Waals surface area contributed by atoms with E-state index in [1.807, 2.05) is 0 Å². The van der Waals surface area contributed by atoms with Crippen LogP contribution in [0, 0.1) is 5.92 Å². The van der Waals surface area contributed by atoms with Crippen molar-refractivity contribution in [1.82, 2.24) is 4.90 Å². The van der Waals surface area contributed by atoms with Crippen LogP contribution >= 0.6 is 0 Å². The Morgan fingerprint density at radius 3 is 2.26 bits per heavy atom. The SMILES string of the molecule is C[C@H](CC(=O)O)N(CCC(=O)C1CCCC1)C(=O)OC(C)(C)C. The molecule has 1 saturated carbocycles. The lowest BCUT2D eigenvalue weighted by molar-refractivity contribution is -0.138. The molecule has 6 heteroatoms. The van der Waals surface area contributed by atoms with Crippen molar-refractivity contribution in [2.24, 2.45) is 5.92 Å². The number of ketones is 1. The van der Waals surface area contributed by atoms with Crippen molar-refractivity contribution in [3.05, 3.63) is 0 Å². The number of carbonyl (C=O) groups excluding carboxylic acids is 2. The number of amides is 1. The van der Waals surface area contributed by atoms with Crippen molar-refractivity contribution in [2.75, 3.05) is 6.54 Å². The second-order valence-corrected chi connectivity index (χ2v) is 7.32. The summed E-state index contributed by atoms with van der Waals surface area (Å²) in [5.74, 6) is -0.711. The Bertz CT molecular complexity index is 435. The van der Waals surface area contributed by atoms with Gasteiger partial charge in [0.2, 0.25) is 0 Å². The first-order valence-electron chi connectivity index (χ1n) is 8.34. The molecule has 0 heterocycles. The van der Waals surface area contributed by atoms with Gasteiger partial charge in [-0.05, 0) is 40.5 Å². The number of rotatable bonds is 7. The predicted molar refractivity (Wildman–Crippen MR) is 86.2 cm³/mol. The van der Waals surface area contributed by atoms with Crippen LogP contribution < -0.4 is 0 Å². The Morgan fingerprint density at radius 2 is 1.78 bits per heavy atom. The summed E-state index contributed by atoms with van der Waals surface area (Å²) in [6.45, 7) is 7.15. The van der Waals surface area contributed by atoms with Crippen molar-refractivity contribution in [3.8, 4) is 0 Å². The number of aliphatic carboxylic acids is 1. The molecule has 0 saturated heterocycles. The summed E-state index contributed by atoms with van der Waals surface area (Å²) in [6.07, 6.45) is 3.55. The van der Waals surface area contributed by atoms with Crippen LogP contribution in [-0.2, 0) is 14.3 Å². The van der Waals surface area contributed by atoms with Crippen LogP contribution in [0.25, 0.3) is 0 Å². The molecule has 1 amide bonds. The van der Waals surface area contributed by atoms with Gasteiger partial charge >= 0.3 is 12.1 Å². The van der Waals surface area contributed by atoms with E-state index < -0.39 is 23.7 Å². The number of ether oxygens (including phenoxy) is 1. The van der Waals surface area contributed by atoms with Crippen molar-refractivity contribution in [2.45, 2.75) is 77.9 Å². The second-order valence-electron chi connectivity index (χ2n) is 7.32. The molecule has 0 aromatic carbocycles. The molecule has 1 N–H and O–H groups in total. The van der Waals surface area contributed by atoms with Crippen molar-refractivity contribution < 1.29 is 24.2 Å². The molecule has 0 bridgehead atoms. The van der Waals surface area contributed by atoms with Gasteiger partial charge < -0.3 is 14.7 Å². The molecule has 0 spiro atoms.